The van der Waals surface area contributed by atoms with Gasteiger partial charge in [-0.15, -0.1) is 0 Å². The fraction of sp³-hybridized carbons (Fsp3) is 0.0435. The zero-order valence-corrected chi connectivity index (χ0v) is 15.5. The van der Waals surface area contributed by atoms with E-state index < -0.39 is 0 Å². The van der Waals surface area contributed by atoms with Crippen molar-refractivity contribution in [3.8, 4) is 0 Å². The standard InChI is InChI=1S/C23H19N3S/c27-23(24-15-17-8-2-1-3-9-17)26-25-16-22-20-12-6-4-10-18(20)14-19-11-5-7-13-21(19)22/h1-14,16H,15H2,(H2,24,26,27)/b25-16+. The highest BCUT2D eigenvalue weighted by Gasteiger charge is 2.05. The lowest BCUT2D eigenvalue weighted by Crippen LogP contribution is -2.31. The van der Waals surface area contributed by atoms with Gasteiger partial charge in [-0.3, -0.25) is 5.43 Å². The minimum absolute atomic E-state index is 0.500. The van der Waals surface area contributed by atoms with Crippen molar-refractivity contribution in [1.82, 2.24) is 10.7 Å². The van der Waals surface area contributed by atoms with Crippen LogP contribution in [0, 0.1) is 0 Å². The largest absolute Gasteiger partial charge is 0.357 e. The first-order valence-corrected chi connectivity index (χ1v) is 9.23. The lowest BCUT2D eigenvalue weighted by atomic mass is 9.97. The number of nitrogens with zero attached hydrogens (tertiary/aromatic N) is 1. The van der Waals surface area contributed by atoms with Crippen molar-refractivity contribution < 1.29 is 0 Å². The van der Waals surface area contributed by atoms with Gasteiger partial charge in [0.05, 0.1) is 6.21 Å². The molecule has 4 aromatic carbocycles. The second-order valence-electron chi connectivity index (χ2n) is 6.27. The van der Waals surface area contributed by atoms with E-state index in [-0.39, 0.29) is 0 Å². The molecule has 0 saturated carbocycles. The molecule has 0 amide bonds. The van der Waals surface area contributed by atoms with Gasteiger partial charge in [0.2, 0.25) is 0 Å². The number of rotatable bonds is 4. The van der Waals surface area contributed by atoms with Crippen LogP contribution in [0.1, 0.15) is 11.1 Å². The third kappa shape index (κ3) is 3.96. The number of hydrogen-bond acceptors (Lipinski definition) is 2. The summed E-state index contributed by atoms with van der Waals surface area (Å²) in [6, 6.07) is 29.0. The lowest BCUT2D eigenvalue weighted by molar-refractivity contribution is 0.869. The molecule has 4 heteroatoms. The summed E-state index contributed by atoms with van der Waals surface area (Å²) in [7, 11) is 0. The van der Waals surface area contributed by atoms with E-state index in [4.69, 9.17) is 12.2 Å². The fourth-order valence-electron chi connectivity index (χ4n) is 3.16. The molecule has 0 fully saturated rings. The van der Waals surface area contributed by atoms with Gasteiger partial charge >= 0.3 is 0 Å². The SMILES string of the molecule is S=C(NCc1ccccc1)N/N=C/c1c2ccccc2cc2ccccc12. The molecule has 0 atom stereocenters. The third-order valence-electron chi connectivity index (χ3n) is 4.47. The van der Waals surface area contributed by atoms with Crippen molar-refractivity contribution in [3.63, 3.8) is 0 Å². The molecule has 0 aliphatic carbocycles. The van der Waals surface area contributed by atoms with E-state index >= 15 is 0 Å². The minimum Gasteiger partial charge on any atom is -0.357 e. The van der Waals surface area contributed by atoms with E-state index in [9.17, 15) is 0 Å². The highest BCUT2D eigenvalue weighted by Crippen LogP contribution is 2.27. The molecule has 3 nitrogen and oxygen atoms in total. The van der Waals surface area contributed by atoms with Crippen LogP contribution in [0.2, 0.25) is 0 Å². The van der Waals surface area contributed by atoms with Crippen molar-refractivity contribution in [2.75, 3.05) is 0 Å². The van der Waals surface area contributed by atoms with E-state index in [2.05, 4.69) is 70.4 Å². The predicted molar refractivity (Wildman–Crippen MR) is 118 cm³/mol. The van der Waals surface area contributed by atoms with Crippen LogP contribution in [0.4, 0.5) is 0 Å². The van der Waals surface area contributed by atoms with Crippen LogP contribution < -0.4 is 10.7 Å². The summed E-state index contributed by atoms with van der Waals surface area (Å²) in [6.07, 6.45) is 1.85. The Kier molecular flexibility index (Phi) is 5.08. The van der Waals surface area contributed by atoms with Crippen LogP contribution in [-0.4, -0.2) is 11.3 Å². The summed E-state index contributed by atoms with van der Waals surface area (Å²) in [5, 5.41) is 12.8. The number of thiocarbonyl (C=S) groups is 1. The minimum atomic E-state index is 0.500. The Morgan fingerprint density at radius 2 is 1.41 bits per heavy atom. The summed E-state index contributed by atoms with van der Waals surface area (Å²) in [5.41, 5.74) is 5.18. The molecule has 0 aliphatic heterocycles. The van der Waals surface area contributed by atoms with E-state index in [1.54, 1.807) is 0 Å². The Balaban J connectivity index is 1.54. The van der Waals surface area contributed by atoms with Gasteiger partial charge in [-0.25, -0.2) is 0 Å². The molecule has 0 aliphatic rings. The second kappa shape index (κ2) is 7.98. The summed E-state index contributed by atoms with van der Waals surface area (Å²) in [6.45, 7) is 0.666. The quantitative estimate of drug-likeness (QED) is 0.230. The van der Waals surface area contributed by atoms with Crippen molar-refractivity contribution in [1.29, 1.82) is 0 Å². The van der Waals surface area contributed by atoms with Gasteiger partial charge in [0, 0.05) is 12.1 Å². The van der Waals surface area contributed by atoms with Crippen LogP contribution in [0.15, 0.2) is 90.0 Å². The van der Waals surface area contributed by atoms with E-state index in [0.717, 1.165) is 5.56 Å². The highest BCUT2D eigenvalue weighted by atomic mass is 32.1. The van der Waals surface area contributed by atoms with Gasteiger partial charge in [0.15, 0.2) is 5.11 Å². The lowest BCUT2D eigenvalue weighted by Gasteiger charge is -2.09. The van der Waals surface area contributed by atoms with Crippen LogP contribution in [-0.2, 0) is 6.54 Å². The molecule has 0 saturated heterocycles. The molecule has 4 rings (SSSR count). The molecule has 0 radical (unpaired) electrons. The maximum Gasteiger partial charge on any atom is 0.187 e. The Labute approximate surface area is 163 Å². The molecular weight excluding hydrogens is 350 g/mol. The Morgan fingerprint density at radius 3 is 2.07 bits per heavy atom. The zero-order valence-electron chi connectivity index (χ0n) is 14.7. The third-order valence-corrected chi connectivity index (χ3v) is 4.70. The molecule has 0 aromatic heterocycles. The Morgan fingerprint density at radius 1 is 0.815 bits per heavy atom. The monoisotopic (exact) mass is 369 g/mol. The first-order chi connectivity index (χ1) is 13.3. The Bertz CT molecular complexity index is 1070. The number of hydrogen-bond donors (Lipinski definition) is 2. The van der Waals surface area contributed by atoms with E-state index in [0.29, 0.717) is 11.7 Å². The summed E-state index contributed by atoms with van der Waals surface area (Å²) < 4.78 is 0. The maximum atomic E-state index is 5.32. The van der Waals surface area contributed by atoms with Crippen LogP contribution >= 0.6 is 12.2 Å². The maximum absolute atomic E-state index is 5.32. The number of hydrazone groups is 1. The van der Waals surface area contributed by atoms with Gasteiger partial charge in [0.25, 0.3) is 0 Å². The molecule has 0 spiro atoms. The summed E-state index contributed by atoms with van der Waals surface area (Å²) in [4.78, 5) is 0. The van der Waals surface area contributed by atoms with Crippen LogP contribution in [0.5, 0.6) is 0 Å². The van der Waals surface area contributed by atoms with Gasteiger partial charge in [-0.05, 0) is 45.4 Å². The van der Waals surface area contributed by atoms with Crippen molar-refractivity contribution in [2.24, 2.45) is 5.10 Å². The smallest absolute Gasteiger partial charge is 0.187 e. The molecule has 0 bridgehead atoms. The van der Waals surface area contributed by atoms with Gasteiger partial charge in [0.1, 0.15) is 0 Å². The fourth-order valence-corrected chi connectivity index (χ4v) is 3.29. The van der Waals surface area contributed by atoms with Crippen molar-refractivity contribution in [3.05, 3.63) is 96.1 Å². The number of nitrogens with one attached hydrogen (secondary N) is 2. The number of benzene rings is 4. The molecule has 27 heavy (non-hydrogen) atoms. The predicted octanol–water partition coefficient (Wildman–Crippen LogP) is 4.99. The van der Waals surface area contributed by atoms with Crippen LogP contribution in [0.3, 0.4) is 0 Å². The first kappa shape index (κ1) is 17.2. The average Bonchev–Trinajstić information content (AvgIpc) is 2.72. The van der Waals surface area contributed by atoms with Crippen molar-refractivity contribution in [2.45, 2.75) is 6.54 Å². The van der Waals surface area contributed by atoms with Gasteiger partial charge in [-0.1, -0.05) is 78.9 Å². The average molecular weight is 369 g/mol. The van der Waals surface area contributed by atoms with Gasteiger partial charge < -0.3 is 5.32 Å². The molecular formula is C23H19N3S. The molecule has 4 aromatic rings. The van der Waals surface area contributed by atoms with Gasteiger partial charge in [-0.2, -0.15) is 5.10 Å². The van der Waals surface area contributed by atoms with Crippen molar-refractivity contribution >= 4 is 45.1 Å². The Hall–Kier alpha value is -3.24. The topological polar surface area (TPSA) is 36.4 Å². The first-order valence-electron chi connectivity index (χ1n) is 8.82. The molecule has 132 valence electrons. The number of fused-ring (bicyclic) bond motifs is 2. The normalized spacial score (nSPS) is 11.1. The summed E-state index contributed by atoms with van der Waals surface area (Å²) >= 11 is 5.32. The second-order valence-corrected chi connectivity index (χ2v) is 6.68. The summed E-state index contributed by atoms with van der Waals surface area (Å²) in [5.74, 6) is 0. The van der Waals surface area contributed by atoms with E-state index in [1.165, 1.54) is 27.1 Å². The highest BCUT2D eigenvalue weighted by molar-refractivity contribution is 7.80. The van der Waals surface area contributed by atoms with Crippen LogP contribution in [0.25, 0.3) is 21.5 Å². The zero-order chi connectivity index (χ0) is 18.5. The molecule has 0 heterocycles. The molecule has 0 unspecified atom stereocenters. The molecule has 2 N–H and O–H groups in total. The van der Waals surface area contributed by atoms with E-state index in [1.807, 2.05) is 36.5 Å².